The van der Waals surface area contributed by atoms with Crippen molar-refractivity contribution in [2.24, 2.45) is 7.05 Å². The van der Waals surface area contributed by atoms with Gasteiger partial charge < -0.3 is 9.80 Å². The second-order valence-corrected chi connectivity index (χ2v) is 9.25. The Hall–Kier alpha value is -3.22. The molecule has 0 aliphatic carbocycles. The normalized spacial score (nSPS) is 18.0. The average molecular weight is 445 g/mol. The maximum Gasteiger partial charge on any atom is 0.257 e. The van der Waals surface area contributed by atoms with Crippen molar-refractivity contribution in [2.45, 2.75) is 52.0 Å². The van der Waals surface area contributed by atoms with E-state index in [4.69, 9.17) is 9.97 Å². The van der Waals surface area contributed by atoms with E-state index >= 15 is 0 Å². The van der Waals surface area contributed by atoms with Crippen LogP contribution in [0.4, 0.5) is 5.82 Å². The molecule has 5 rings (SSSR count). The molecule has 1 saturated heterocycles. The molecule has 7 nitrogen and oxygen atoms in total. The highest BCUT2D eigenvalue weighted by Crippen LogP contribution is 2.35. The summed E-state index contributed by atoms with van der Waals surface area (Å²) in [6.45, 7) is 6.67. The third kappa shape index (κ3) is 4.24. The Balaban J connectivity index is 1.42. The number of aromatic nitrogens is 4. The van der Waals surface area contributed by atoms with Gasteiger partial charge in [0.1, 0.15) is 5.82 Å². The molecule has 7 heteroatoms. The van der Waals surface area contributed by atoms with Gasteiger partial charge in [0, 0.05) is 44.1 Å². The molecule has 0 radical (unpaired) electrons. The Labute approximate surface area is 195 Å². The lowest BCUT2D eigenvalue weighted by atomic mass is 10.0. The van der Waals surface area contributed by atoms with Gasteiger partial charge in [0.25, 0.3) is 5.91 Å². The smallest absolute Gasteiger partial charge is 0.257 e. The third-order valence-corrected chi connectivity index (χ3v) is 6.93. The molecule has 2 aliphatic rings. The summed E-state index contributed by atoms with van der Waals surface area (Å²) in [5.41, 5.74) is 5.09. The second-order valence-electron chi connectivity index (χ2n) is 9.25. The average Bonchev–Trinajstić information content (AvgIpc) is 3.44. The lowest BCUT2D eigenvalue weighted by Gasteiger charge is -2.32. The largest absolute Gasteiger partial charge is 0.356 e. The van der Waals surface area contributed by atoms with Gasteiger partial charge in [-0.2, -0.15) is 5.10 Å². The van der Waals surface area contributed by atoms with Gasteiger partial charge in [-0.05, 0) is 51.5 Å². The number of aryl methyl sites for hydroxylation is 3. The van der Waals surface area contributed by atoms with Crippen LogP contribution in [-0.2, 0) is 19.9 Å². The molecule has 2 aromatic heterocycles. The summed E-state index contributed by atoms with van der Waals surface area (Å²) in [7, 11) is 1.85. The first-order valence-corrected chi connectivity index (χ1v) is 12.0. The summed E-state index contributed by atoms with van der Waals surface area (Å²) < 4.78 is 1.71. The molecule has 0 spiro atoms. The highest BCUT2D eigenvalue weighted by molar-refractivity contribution is 5.95. The summed E-state index contributed by atoms with van der Waals surface area (Å²) in [5, 5.41) is 4.36. The SMILES string of the molecule is Cc1nn(C)cc1C(=O)N1CCC[C@H]1c1nc(C)c2c(n1)N(CCc1ccccc1)CCC2. The molecule has 2 aliphatic heterocycles. The number of fused-ring (bicyclic) bond motifs is 1. The minimum atomic E-state index is -0.0843. The second kappa shape index (κ2) is 8.96. The Morgan fingerprint density at radius 3 is 2.64 bits per heavy atom. The summed E-state index contributed by atoms with van der Waals surface area (Å²) >= 11 is 0. The zero-order valence-electron chi connectivity index (χ0n) is 19.8. The minimum Gasteiger partial charge on any atom is -0.356 e. The number of carbonyl (C=O) groups is 1. The molecule has 0 N–H and O–H groups in total. The van der Waals surface area contributed by atoms with E-state index in [1.807, 2.05) is 25.1 Å². The van der Waals surface area contributed by atoms with Crippen LogP contribution in [0.5, 0.6) is 0 Å². The van der Waals surface area contributed by atoms with E-state index in [9.17, 15) is 4.79 Å². The van der Waals surface area contributed by atoms with Crippen molar-refractivity contribution in [2.75, 3.05) is 24.5 Å². The van der Waals surface area contributed by atoms with E-state index < -0.39 is 0 Å². The van der Waals surface area contributed by atoms with Crippen LogP contribution in [0.15, 0.2) is 36.5 Å². The molecule has 0 saturated carbocycles. The topological polar surface area (TPSA) is 67.2 Å². The zero-order valence-corrected chi connectivity index (χ0v) is 19.8. The maximum atomic E-state index is 13.4. The number of benzene rings is 1. The van der Waals surface area contributed by atoms with Gasteiger partial charge in [0.05, 0.1) is 17.3 Å². The highest BCUT2D eigenvalue weighted by Gasteiger charge is 2.35. The fraction of sp³-hybridized carbons (Fsp3) is 0.462. The first-order chi connectivity index (χ1) is 16.0. The third-order valence-electron chi connectivity index (χ3n) is 6.93. The maximum absolute atomic E-state index is 13.4. The van der Waals surface area contributed by atoms with E-state index in [1.54, 1.807) is 4.68 Å². The quantitative estimate of drug-likeness (QED) is 0.599. The van der Waals surface area contributed by atoms with E-state index in [-0.39, 0.29) is 11.9 Å². The molecule has 3 aromatic rings. The molecular weight excluding hydrogens is 412 g/mol. The molecule has 1 fully saturated rings. The van der Waals surface area contributed by atoms with Gasteiger partial charge in [-0.25, -0.2) is 9.97 Å². The Bertz CT molecular complexity index is 1160. The van der Waals surface area contributed by atoms with Gasteiger partial charge in [0.2, 0.25) is 0 Å². The summed E-state index contributed by atoms with van der Waals surface area (Å²) in [6.07, 6.45) is 6.82. The van der Waals surface area contributed by atoms with Crippen LogP contribution >= 0.6 is 0 Å². The van der Waals surface area contributed by atoms with E-state index in [0.717, 1.165) is 74.8 Å². The van der Waals surface area contributed by atoms with Crippen LogP contribution in [0.1, 0.15) is 64.0 Å². The molecule has 1 atom stereocenters. The first-order valence-electron chi connectivity index (χ1n) is 12.0. The fourth-order valence-corrected chi connectivity index (χ4v) is 5.23. The number of nitrogens with zero attached hydrogens (tertiary/aromatic N) is 6. The van der Waals surface area contributed by atoms with E-state index in [2.05, 4.69) is 47.3 Å². The molecule has 1 aromatic carbocycles. The monoisotopic (exact) mass is 444 g/mol. The number of hydrogen-bond acceptors (Lipinski definition) is 5. The Morgan fingerprint density at radius 2 is 1.88 bits per heavy atom. The minimum absolute atomic E-state index is 0.0306. The van der Waals surface area contributed by atoms with Crippen LogP contribution in [-0.4, -0.2) is 50.2 Å². The van der Waals surface area contributed by atoms with Crippen molar-refractivity contribution < 1.29 is 4.79 Å². The Kier molecular flexibility index (Phi) is 5.87. The van der Waals surface area contributed by atoms with Crippen LogP contribution in [0.2, 0.25) is 0 Å². The summed E-state index contributed by atoms with van der Waals surface area (Å²) in [4.78, 5) is 27.8. The Morgan fingerprint density at radius 1 is 1.06 bits per heavy atom. The van der Waals surface area contributed by atoms with E-state index in [0.29, 0.717) is 5.56 Å². The van der Waals surface area contributed by atoms with Gasteiger partial charge in [-0.15, -0.1) is 0 Å². The number of rotatable bonds is 5. The molecule has 1 amide bonds. The van der Waals surface area contributed by atoms with Crippen LogP contribution in [0.3, 0.4) is 0 Å². The molecule has 0 unspecified atom stereocenters. The highest BCUT2D eigenvalue weighted by atomic mass is 16.2. The van der Waals surface area contributed by atoms with Gasteiger partial charge in [0.15, 0.2) is 5.82 Å². The first kappa shape index (κ1) is 21.6. The van der Waals surface area contributed by atoms with Crippen molar-refractivity contribution in [3.63, 3.8) is 0 Å². The molecular formula is C26H32N6O. The number of amides is 1. The molecule has 0 bridgehead atoms. The summed E-state index contributed by atoms with van der Waals surface area (Å²) in [5.74, 6) is 1.88. The van der Waals surface area contributed by atoms with Crippen LogP contribution < -0.4 is 4.90 Å². The van der Waals surface area contributed by atoms with Crippen LogP contribution in [0, 0.1) is 13.8 Å². The van der Waals surface area contributed by atoms with E-state index in [1.165, 1.54) is 11.1 Å². The lowest BCUT2D eigenvalue weighted by Crippen LogP contribution is -2.35. The fourth-order valence-electron chi connectivity index (χ4n) is 5.23. The van der Waals surface area contributed by atoms with Crippen molar-refractivity contribution in [1.29, 1.82) is 0 Å². The standard InChI is InChI=1S/C26H32N6O/c1-18-21-11-7-14-31(16-13-20-9-5-4-6-10-20)25(21)28-24(27-18)23-12-8-15-32(23)26(33)22-17-30(3)29-19(22)2/h4-6,9-10,17,23H,7-8,11-16H2,1-3H3/t23-/m0/s1. The number of likely N-dealkylation sites (tertiary alicyclic amines) is 1. The zero-order chi connectivity index (χ0) is 22.9. The lowest BCUT2D eigenvalue weighted by molar-refractivity contribution is 0.0729. The predicted molar refractivity (Wildman–Crippen MR) is 128 cm³/mol. The molecule has 4 heterocycles. The van der Waals surface area contributed by atoms with Crippen molar-refractivity contribution in [3.8, 4) is 0 Å². The number of hydrogen-bond donors (Lipinski definition) is 0. The van der Waals surface area contributed by atoms with Crippen molar-refractivity contribution >= 4 is 11.7 Å². The van der Waals surface area contributed by atoms with Crippen molar-refractivity contribution in [1.82, 2.24) is 24.6 Å². The number of anilines is 1. The number of carbonyl (C=O) groups excluding carboxylic acids is 1. The van der Waals surface area contributed by atoms with Gasteiger partial charge >= 0.3 is 0 Å². The predicted octanol–water partition coefficient (Wildman–Crippen LogP) is 3.80. The van der Waals surface area contributed by atoms with Gasteiger partial charge in [-0.3, -0.25) is 9.48 Å². The van der Waals surface area contributed by atoms with Gasteiger partial charge in [-0.1, -0.05) is 30.3 Å². The summed E-state index contributed by atoms with van der Waals surface area (Å²) in [6, 6.07) is 10.5. The molecule has 172 valence electrons. The van der Waals surface area contributed by atoms with Crippen molar-refractivity contribution in [3.05, 3.63) is 70.4 Å². The van der Waals surface area contributed by atoms with Crippen LogP contribution in [0.25, 0.3) is 0 Å². The molecule has 33 heavy (non-hydrogen) atoms.